The first-order chi connectivity index (χ1) is 15.8. The smallest absolute Gasteiger partial charge is 0.243 e. The summed E-state index contributed by atoms with van der Waals surface area (Å²) in [7, 11) is 4.56. The SMILES string of the molecule is COc1cc(CC(=O)N2CCCCC2C(=O)NC2(C(N)=O)CCCCC2)cc(OC)c1OC. The van der Waals surface area contributed by atoms with E-state index in [1.165, 1.54) is 21.3 Å². The van der Waals surface area contributed by atoms with E-state index in [4.69, 9.17) is 19.9 Å². The van der Waals surface area contributed by atoms with Gasteiger partial charge in [-0.25, -0.2) is 0 Å². The molecule has 0 spiro atoms. The van der Waals surface area contributed by atoms with Crippen molar-refractivity contribution in [1.82, 2.24) is 10.2 Å². The maximum absolute atomic E-state index is 13.3. The Balaban J connectivity index is 1.78. The van der Waals surface area contributed by atoms with Gasteiger partial charge in [-0.3, -0.25) is 14.4 Å². The molecule has 1 unspecified atom stereocenters. The van der Waals surface area contributed by atoms with Crippen LogP contribution in [0.25, 0.3) is 0 Å². The molecule has 33 heavy (non-hydrogen) atoms. The fourth-order valence-corrected chi connectivity index (χ4v) is 4.92. The van der Waals surface area contributed by atoms with Crippen LogP contribution in [0.1, 0.15) is 56.9 Å². The molecule has 2 aliphatic rings. The van der Waals surface area contributed by atoms with Crippen molar-refractivity contribution in [3.8, 4) is 17.2 Å². The number of primary amides is 1. The van der Waals surface area contributed by atoms with Crippen LogP contribution >= 0.6 is 0 Å². The number of benzene rings is 1. The van der Waals surface area contributed by atoms with Gasteiger partial charge in [0, 0.05) is 6.54 Å². The Labute approximate surface area is 194 Å². The van der Waals surface area contributed by atoms with Crippen LogP contribution in [0.3, 0.4) is 0 Å². The van der Waals surface area contributed by atoms with Crippen LogP contribution in [-0.4, -0.2) is 62.1 Å². The van der Waals surface area contributed by atoms with Crippen molar-refractivity contribution in [2.24, 2.45) is 5.73 Å². The normalized spacial score (nSPS) is 20.0. The van der Waals surface area contributed by atoms with Crippen molar-refractivity contribution in [3.63, 3.8) is 0 Å². The first-order valence-corrected chi connectivity index (χ1v) is 11.6. The lowest BCUT2D eigenvalue weighted by Crippen LogP contribution is -2.63. The summed E-state index contributed by atoms with van der Waals surface area (Å²) in [5, 5.41) is 2.94. The van der Waals surface area contributed by atoms with E-state index in [1.807, 2.05) is 0 Å². The fourth-order valence-electron chi connectivity index (χ4n) is 4.92. The van der Waals surface area contributed by atoms with Gasteiger partial charge in [-0.15, -0.1) is 0 Å². The number of rotatable bonds is 8. The zero-order valence-corrected chi connectivity index (χ0v) is 19.8. The minimum atomic E-state index is -1.02. The predicted octanol–water partition coefficient (Wildman–Crippen LogP) is 1.94. The van der Waals surface area contributed by atoms with Gasteiger partial charge in [-0.05, 0) is 49.8 Å². The quantitative estimate of drug-likeness (QED) is 0.610. The molecule has 3 amide bonds. The van der Waals surface area contributed by atoms with Crippen LogP contribution in [0.5, 0.6) is 17.2 Å². The van der Waals surface area contributed by atoms with Gasteiger partial charge in [-0.1, -0.05) is 19.3 Å². The second-order valence-corrected chi connectivity index (χ2v) is 8.81. The highest BCUT2D eigenvalue weighted by molar-refractivity contribution is 5.94. The second kappa shape index (κ2) is 10.8. The molecule has 1 heterocycles. The molecule has 3 rings (SSSR count). The van der Waals surface area contributed by atoms with Gasteiger partial charge in [0.15, 0.2) is 11.5 Å². The highest BCUT2D eigenvalue weighted by Crippen LogP contribution is 2.38. The van der Waals surface area contributed by atoms with E-state index in [9.17, 15) is 14.4 Å². The fraction of sp³-hybridized carbons (Fsp3) is 0.625. The number of nitrogens with zero attached hydrogens (tertiary/aromatic N) is 1. The summed E-state index contributed by atoms with van der Waals surface area (Å²) < 4.78 is 16.1. The molecule has 3 N–H and O–H groups in total. The zero-order chi connectivity index (χ0) is 24.0. The number of amides is 3. The lowest BCUT2D eigenvalue weighted by molar-refractivity contribution is -0.144. The highest BCUT2D eigenvalue weighted by atomic mass is 16.5. The van der Waals surface area contributed by atoms with Crippen molar-refractivity contribution in [2.75, 3.05) is 27.9 Å². The van der Waals surface area contributed by atoms with Crippen LogP contribution in [0.2, 0.25) is 0 Å². The third kappa shape index (κ3) is 5.34. The number of nitrogens with two attached hydrogens (primary N) is 1. The molecule has 0 aromatic heterocycles. The van der Waals surface area contributed by atoms with Crippen molar-refractivity contribution >= 4 is 17.7 Å². The number of hydrogen-bond donors (Lipinski definition) is 2. The number of methoxy groups -OCH3 is 3. The Hall–Kier alpha value is -2.97. The minimum Gasteiger partial charge on any atom is -0.493 e. The Morgan fingerprint density at radius 3 is 2.18 bits per heavy atom. The molecule has 1 aromatic rings. The average Bonchev–Trinajstić information content (AvgIpc) is 2.83. The van der Waals surface area contributed by atoms with Crippen LogP contribution in [0.4, 0.5) is 0 Å². The number of hydrogen-bond acceptors (Lipinski definition) is 6. The van der Waals surface area contributed by atoms with Gasteiger partial charge < -0.3 is 30.2 Å². The van der Waals surface area contributed by atoms with E-state index in [0.717, 1.165) is 32.1 Å². The molecule has 1 atom stereocenters. The highest BCUT2D eigenvalue weighted by Gasteiger charge is 2.42. The van der Waals surface area contributed by atoms with E-state index in [2.05, 4.69) is 5.32 Å². The standard InChI is InChI=1S/C24H35N3O6/c1-31-18-13-16(14-19(32-2)21(18)33-3)15-20(28)27-12-8-5-9-17(27)22(29)26-24(23(25)30)10-6-4-7-11-24/h13-14,17H,4-12,15H2,1-3H3,(H2,25,30)(H,26,29). The molecule has 9 nitrogen and oxygen atoms in total. The average molecular weight is 462 g/mol. The molecule has 0 radical (unpaired) electrons. The van der Waals surface area contributed by atoms with E-state index < -0.39 is 17.5 Å². The molecular formula is C24H35N3O6. The Morgan fingerprint density at radius 1 is 1.00 bits per heavy atom. The summed E-state index contributed by atoms with van der Waals surface area (Å²) in [6.45, 7) is 0.491. The number of piperidine rings is 1. The number of carbonyl (C=O) groups is 3. The van der Waals surface area contributed by atoms with E-state index in [-0.39, 0.29) is 18.2 Å². The third-order valence-electron chi connectivity index (χ3n) is 6.75. The summed E-state index contributed by atoms with van der Waals surface area (Å²) in [6.07, 6.45) is 6.11. The van der Waals surface area contributed by atoms with Crippen molar-refractivity contribution in [3.05, 3.63) is 17.7 Å². The molecule has 1 saturated heterocycles. The summed E-state index contributed by atoms with van der Waals surface area (Å²) in [4.78, 5) is 40.4. The van der Waals surface area contributed by atoms with Crippen LogP contribution in [0.15, 0.2) is 12.1 Å². The number of nitrogens with one attached hydrogen (secondary N) is 1. The molecule has 9 heteroatoms. The van der Waals surface area contributed by atoms with Crippen molar-refractivity contribution in [2.45, 2.75) is 69.4 Å². The van der Waals surface area contributed by atoms with Crippen molar-refractivity contribution in [1.29, 1.82) is 0 Å². The number of ether oxygens (including phenoxy) is 3. The van der Waals surface area contributed by atoms with Gasteiger partial charge in [0.25, 0.3) is 0 Å². The van der Waals surface area contributed by atoms with Gasteiger partial charge in [0.2, 0.25) is 23.5 Å². The zero-order valence-electron chi connectivity index (χ0n) is 19.8. The molecule has 182 valence electrons. The largest absolute Gasteiger partial charge is 0.493 e. The van der Waals surface area contributed by atoms with Gasteiger partial charge in [0.1, 0.15) is 11.6 Å². The molecule has 1 aromatic carbocycles. The van der Waals surface area contributed by atoms with E-state index in [1.54, 1.807) is 17.0 Å². The van der Waals surface area contributed by atoms with Gasteiger partial charge >= 0.3 is 0 Å². The van der Waals surface area contributed by atoms with Crippen LogP contribution in [-0.2, 0) is 20.8 Å². The molecule has 0 bridgehead atoms. The van der Waals surface area contributed by atoms with Crippen LogP contribution in [0, 0.1) is 0 Å². The first kappa shape index (κ1) is 24.7. The summed E-state index contributed by atoms with van der Waals surface area (Å²) in [6, 6.07) is 2.86. The molecule has 2 fully saturated rings. The predicted molar refractivity (Wildman–Crippen MR) is 122 cm³/mol. The Bertz CT molecular complexity index is 856. The minimum absolute atomic E-state index is 0.0848. The summed E-state index contributed by atoms with van der Waals surface area (Å²) in [5.41, 5.74) is 5.37. The third-order valence-corrected chi connectivity index (χ3v) is 6.75. The van der Waals surface area contributed by atoms with Crippen molar-refractivity contribution < 1.29 is 28.6 Å². The maximum atomic E-state index is 13.3. The summed E-state index contributed by atoms with van der Waals surface area (Å²) in [5.74, 6) is 0.424. The molecule has 1 aliphatic carbocycles. The maximum Gasteiger partial charge on any atom is 0.243 e. The lowest BCUT2D eigenvalue weighted by atomic mass is 9.80. The first-order valence-electron chi connectivity index (χ1n) is 11.6. The second-order valence-electron chi connectivity index (χ2n) is 8.81. The molecular weight excluding hydrogens is 426 g/mol. The molecule has 1 saturated carbocycles. The topological polar surface area (TPSA) is 120 Å². The van der Waals surface area contributed by atoms with Gasteiger partial charge in [0.05, 0.1) is 27.8 Å². The number of likely N-dealkylation sites (tertiary alicyclic amines) is 1. The Morgan fingerprint density at radius 2 is 1.64 bits per heavy atom. The monoisotopic (exact) mass is 461 g/mol. The molecule has 1 aliphatic heterocycles. The Kier molecular flexibility index (Phi) is 8.05. The number of carbonyl (C=O) groups excluding carboxylic acids is 3. The lowest BCUT2D eigenvalue weighted by Gasteiger charge is -2.40. The van der Waals surface area contributed by atoms with E-state index >= 15 is 0 Å². The van der Waals surface area contributed by atoms with Gasteiger partial charge in [-0.2, -0.15) is 0 Å². The van der Waals surface area contributed by atoms with E-state index in [0.29, 0.717) is 48.6 Å². The van der Waals surface area contributed by atoms with Crippen LogP contribution < -0.4 is 25.3 Å². The summed E-state index contributed by atoms with van der Waals surface area (Å²) >= 11 is 0.